The summed E-state index contributed by atoms with van der Waals surface area (Å²) >= 11 is 0. The number of carbonyl (C=O) groups is 2. The van der Waals surface area contributed by atoms with Crippen molar-refractivity contribution in [1.29, 1.82) is 0 Å². The zero-order valence-electron chi connectivity index (χ0n) is 4.64. The van der Waals surface area contributed by atoms with Crippen LogP contribution >= 0.6 is 12.4 Å². The van der Waals surface area contributed by atoms with Crippen LogP contribution in [0.1, 0.15) is 12.8 Å². The minimum atomic E-state index is -0.148. The molecule has 9 heavy (non-hydrogen) atoms. The van der Waals surface area contributed by atoms with Gasteiger partial charge in [0, 0.05) is 12.8 Å². The van der Waals surface area contributed by atoms with Crippen LogP contribution in [0.25, 0.3) is 0 Å². The average molecular weight is 154 g/mol. The second-order valence-corrected chi connectivity index (χ2v) is 1.47. The molecule has 0 aromatic heterocycles. The van der Waals surface area contributed by atoms with Crippen LogP contribution in [0.3, 0.4) is 0 Å². The number of amides is 2. The Morgan fingerprint density at radius 2 is 1.44 bits per heavy atom. The lowest BCUT2D eigenvalue weighted by atomic mass is 10.4. The molecule has 0 spiro atoms. The van der Waals surface area contributed by atoms with E-state index < -0.39 is 0 Å². The summed E-state index contributed by atoms with van der Waals surface area (Å²) in [5.41, 5.74) is 0. The molecule has 0 aromatic carbocycles. The van der Waals surface area contributed by atoms with E-state index in [1.807, 2.05) is 0 Å². The quantitative estimate of drug-likeness (QED) is 0.454. The average Bonchev–Trinajstić information content (AvgIpc) is 1.87. The van der Waals surface area contributed by atoms with Crippen molar-refractivity contribution in [2.75, 3.05) is 0 Å². The lowest BCUT2D eigenvalue weighted by Gasteiger charge is -1.79. The van der Waals surface area contributed by atoms with Gasteiger partial charge in [-0.1, -0.05) is 0 Å². The maximum Gasteiger partial charge on any atom is 0.227 e. The first kappa shape index (κ1) is 11.2. The van der Waals surface area contributed by atoms with Crippen molar-refractivity contribution in [2.45, 2.75) is 12.8 Å². The summed E-state index contributed by atoms with van der Waals surface area (Å²) in [6.45, 7) is 0. The van der Waals surface area contributed by atoms with Gasteiger partial charge >= 0.3 is 0 Å². The molecular formula is C4H8ClNO3. The summed E-state index contributed by atoms with van der Waals surface area (Å²) in [6, 6.07) is 0. The summed E-state index contributed by atoms with van der Waals surface area (Å²) in [7, 11) is 0. The molecule has 54 valence electrons. The van der Waals surface area contributed by atoms with Crippen LogP contribution in [0.15, 0.2) is 0 Å². The van der Waals surface area contributed by atoms with E-state index in [4.69, 9.17) is 0 Å². The van der Waals surface area contributed by atoms with Crippen LogP contribution in [-0.2, 0) is 9.59 Å². The van der Waals surface area contributed by atoms with Gasteiger partial charge in [-0.25, -0.2) is 0 Å². The highest BCUT2D eigenvalue weighted by Gasteiger charge is 2.15. The highest BCUT2D eigenvalue weighted by atomic mass is 35.5. The van der Waals surface area contributed by atoms with E-state index in [1.54, 1.807) is 0 Å². The number of hydrogen-bond donors (Lipinski definition) is 1. The summed E-state index contributed by atoms with van der Waals surface area (Å²) in [5, 5.41) is 2.14. The fourth-order valence-electron chi connectivity index (χ4n) is 0.508. The number of imide groups is 1. The van der Waals surface area contributed by atoms with Crippen LogP contribution in [-0.4, -0.2) is 17.3 Å². The lowest BCUT2D eigenvalue weighted by molar-refractivity contribution is -0.124. The Kier molecular flexibility index (Phi) is 5.34. The van der Waals surface area contributed by atoms with Crippen LogP contribution in [0.2, 0.25) is 0 Å². The Balaban J connectivity index is 0. The summed E-state index contributed by atoms with van der Waals surface area (Å²) in [5.74, 6) is -0.296. The van der Waals surface area contributed by atoms with Crippen molar-refractivity contribution >= 4 is 24.2 Å². The zero-order valence-corrected chi connectivity index (χ0v) is 5.46. The van der Waals surface area contributed by atoms with Crippen molar-refractivity contribution < 1.29 is 15.1 Å². The fourth-order valence-corrected chi connectivity index (χ4v) is 0.508. The van der Waals surface area contributed by atoms with Gasteiger partial charge in [0.05, 0.1) is 0 Å². The van der Waals surface area contributed by atoms with Gasteiger partial charge in [0.15, 0.2) is 0 Å². The van der Waals surface area contributed by atoms with Gasteiger partial charge in [0.25, 0.3) is 0 Å². The van der Waals surface area contributed by atoms with E-state index in [9.17, 15) is 9.59 Å². The Labute approximate surface area is 58.3 Å². The van der Waals surface area contributed by atoms with Gasteiger partial charge in [-0.05, 0) is 0 Å². The minimum absolute atomic E-state index is 0. The van der Waals surface area contributed by atoms with Crippen molar-refractivity contribution in [2.24, 2.45) is 0 Å². The molecule has 0 aliphatic carbocycles. The predicted octanol–water partition coefficient (Wildman–Crippen LogP) is -0.980. The second kappa shape index (κ2) is 4.29. The van der Waals surface area contributed by atoms with E-state index in [2.05, 4.69) is 5.32 Å². The molecule has 2 amide bonds. The highest BCUT2D eigenvalue weighted by molar-refractivity contribution is 6.01. The van der Waals surface area contributed by atoms with E-state index >= 15 is 0 Å². The van der Waals surface area contributed by atoms with Gasteiger partial charge < -0.3 is 5.48 Å². The largest absolute Gasteiger partial charge is 0.412 e. The van der Waals surface area contributed by atoms with Crippen molar-refractivity contribution in [1.82, 2.24) is 5.32 Å². The van der Waals surface area contributed by atoms with Crippen molar-refractivity contribution in [3.05, 3.63) is 0 Å². The smallest absolute Gasteiger partial charge is 0.227 e. The number of hydrogen-bond acceptors (Lipinski definition) is 2. The molecule has 3 N–H and O–H groups in total. The van der Waals surface area contributed by atoms with Crippen LogP contribution in [0, 0.1) is 0 Å². The Hall–Kier alpha value is -0.610. The first-order valence-corrected chi connectivity index (χ1v) is 2.12. The number of carbonyl (C=O) groups excluding carboxylic acids is 2. The Morgan fingerprint density at radius 3 is 1.56 bits per heavy atom. The van der Waals surface area contributed by atoms with Crippen LogP contribution in [0.5, 0.6) is 0 Å². The van der Waals surface area contributed by atoms with Crippen LogP contribution in [0.4, 0.5) is 0 Å². The van der Waals surface area contributed by atoms with Crippen molar-refractivity contribution in [3.63, 3.8) is 0 Å². The minimum Gasteiger partial charge on any atom is -0.412 e. The van der Waals surface area contributed by atoms with Gasteiger partial charge in [0.1, 0.15) is 0 Å². The molecule has 1 aliphatic heterocycles. The third-order valence-corrected chi connectivity index (χ3v) is 0.858. The highest BCUT2D eigenvalue weighted by Crippen LogP contribution is 1.95. The monoisotopic (exact) mass is 153 g/mol. The Morgan fingerprint density at radius 1 is 1.11 bits per heavy atom. The number of rotatable bonds is 0. The van der Waals surface area contributed by atoms with E-state index in [0.717, 1.165) is 0 Å². The SMILES string of the molecule is Cl.O.O=C1CCC(=O)N1. The topological polar surface area (TPSA) is 77.7 Å². The molecule has 0 saturated carbocycles. The summed E-state index contributed by atoms with van der Waals surface area (Å²) in [6.07, 6.45) is 0.748. The second-order valence-electron chi connectivity index (χ2n) is 1.47. The number of halogens is 1. The Bertz CT molecular complexity index is 111. The molecule has 0 aromatic rings. The van der Waals surface area contributed by atoms with Crippen LogP contribution < -0.4 is 5.32 Å². The maximum absolute atomic E-state index is 10.1. The standard InChI is InChI=1S/C4H5NO2.ClH.H2O/c6-3-1-2-4(7)5-3;;/h1-2H2,(H,5,6,7);1H;1H2. The fraction of sp³-hybridized carbons (Fsp3) is 0.500. The molecule has 5 heteroatoms. The molecule has 1 saturated heterocycles. The molecule has 0 unspecified atom stereocenters. The molecular weight excluding hydrogens is 146 g/mol. The predicted molar refractivity (Wildman–Crippen MR) is 33.2 cm³/mol. The van der Waals surface area contributed by atoms with Gasteiger partial charge in [-0.2, -0.15) is 0 Å². The lowest BCUT2D eigenvalue weighted by Crippen LogP contribution is -2.18. The molecule has 1 heterocycles. The van der Waals surface area contributed by atoms with Gasteiger partial charge in [0.2, 0.25) is 11.8 Å². The van der Waals surface area contributed by atoms with E-state index in [1.165, 1.54) is 0 Å². The van der Waals surface area contributed by atoms with E-state index in [-0.39, 0.29) is 29.7 Å². The molecule has 1 aliphatic rings. The normalized spacial score (nSPS) is 15.6. The number of nitrogens with one attached hydrogen (secondary N) is 1. The van der Waals surface area contributed by atoms with Crippen molar-refractivity contribution in [3.8, 4) is 0 Å². The summed E-state index contributed by atoms with van der Waals surface area (Å²) in [4.78, 5) is 20.2. The zero-order chi connectivity index (χ0) is 5.28. The molecule has 0 radical (unpaired) electrons. The first-order valence-electron chi connectivity index (χ1n) is 2.12. The van der Waals surface area contributed by atoms with Gasteiger partial charge in [-0.3, -0.25) is 14.9 Å². The summed E-state index contributed by atoms with van der Waals surface area (Å²) < 4.78 is 0. The molecule has 4 nitrogen and oxygen atoms in total. The third kappa shape index (κ3) is 3.05. The third-order valence-electron chi connectivity index (χ3n) is 0.858. The molecule has 0 bridgehead atoms. The molecule has 1 fully saturated rings. The first-order chi connectivity index (χ1) is 3.29. The maximum atomic E-state index is 10.1. The van der Waals surface area contributed by atoms with E-state index in [0.29, 0.717) is 12.8 Å². The molecule has 1 rings (SSSR count). The van der Waals surface area contributed by atoms with Gasteiger partial charge in [-0.15, -0.1) is 12.4 Å². The molecule has 0 atom stereocenters.